The van der Waals surface area contributed by atoms with E-state index in [1.54, 1.807) is 12.3 Å². The van der Waals surface area contributed by atoms with Crippen molar-refractivity contribution in [2.45, 2.75) is 32.2 Å². The average Bonchev–Trinajstić information content (AvgIpc) is 2.90. The smallest absolute Gasteiger partial charge is 0.255 e. The molecule has 2 heterocycles. The lowest BCUT2D eigenvalue weighted by atomic mass is 9.96. The van der Waals surface area contributed by atoms with Crippen LogP contribution in [0.15, 0.2) is 42.7 Å². The number of aromatic nitrogens is 2. The molecule has 1 aromatic heterocycles. The van der Waals surface area contributed by atoms with Gasteiger partial charge in [-0.3, -0.25) is 4.79 Å². The van der Waals surface area contributed by atoms with Gasteiger partial charge in [0.25, 0.3) is 5.91 Å². The number of carbonyl (C=O) groups is 1. The third-order valence-corrected chi connectivity index (χ3v) is 4.22. The van der Waals surface area contributed by atoms with E-state index in [4.69, 9.17) is 0 Å². The summed E-state index contributed by atoms with van der Waals surface area (Å²) in [6.07, 6.45) is 4.10. The molecule has 21 heavy (non-hydrogen) atoms. The van der Waals surface area contributed by atoms with Gasteiger partial charge in [-0.2, -0.15) is 10.2 Å². The first-order valence-electron chi connectivity index (χ1n) is 7.29. The molecule has 0 spiro atoms. The minimum Gasteiger partial charge on any atom is -0.335 e. The van der Waals surface area contributed by atoms with Crippen molar-refractivity contribution in [2.75, 3.05) is 6.54 Å². The number of carbonyl (C=O) groups excluding carboxylic acids is 1. The number of likely N-dealkylation sites (tertiary alicyclic amines) is 1. The standard InChI is InChI=1S/C17H19N3O/c1-12-3-5-14(6-4-12)16-9-13(2)20(11-16)17(21)15-7-8-18-19-10-15/h3-8,10,13,16H,9,11H2,1-2H3/t13-,16-/m0/s1. The Bertz CT molecular complexity index is 624. The fraction of sp³-hybridized carbons (Fsp3) is 0.353. The summed E-state index contributed by atoms with van der Waals surface area (Å²) < 4.78 is 0. The van der Waals surface area contributed by atoms with Crippen LogP contribution in [0.2, 0.25) is 0 Å². The molecular weight excluding hydrogens is 262 g/mol. The highest BCUT2D eigenvalue weighted by Gasteiger charge is 2.33. The van der Waals surface area contributed by atoms with Crippen LogP contribution < -0.4 is 0 Å². The van der Waals surface area contributed by atoms with Crippen molar-refractivity contribution in [2.24, 2.45) is 0 Å². The minimum absolute atomic E-state index is 0.0482. The molecular formula is C17H19N3O. The summed E-state index contributed by atoms with van der Waals surface area (Å²) in [6, 6.07) is 10.6. The number of hydrogen-bond donors (Lipinski definition) is 0. The molecule has 1 amide bonds. The van der Waals surface area contributed by atoms with E-state index in [-0.39, 0.29) is 11.9 Å². The van der Waals surface area contributed by atoms with E-state index in [9.17, 15) is 4.79 Å². The predicted octanol–water partition coefficient (Wildman–Crippen LogP) is 2.80. The zero-order valence-electron chi connectivity index (χ0n) is 12.4. The highest BCUT2D eigenvalue weighted by atomic mass is 16.2. The van der Waals surface area contributed by atoms with Crippen molar-refractivity contribution in [1.82, 2.24) is 15.1 Å². The highest BCUT2D eigenvalue weighted by molar-refractivity contribution is 5.94. The molecule has 4 nitrogen and oxygen atoms in total. The highest BCUT2D eigenvalue weighted by Crippen LogP contribution is 2.32. The van der Waals surface area contributed by atoms with Crippen LogP contribution in [0.25, 0.3) is 0 Å². The van der Waals surface area contributed by atoms with Crippen LogP contribution in [0.3, 0.4) is 0 Å². The number of rotatable bonds is 2. The number of aryl methyl sites for hydroxylation is 1. The van der Waals surface area contributed by atoms with Gasteiger partial charge in [-0.1, -0.05) is 29.8 Å². The fourth-order valence-electron chi connectivity index (χ4n) is 2.98. The molecule has 1 aliphatic heterocycles. The Labute approximate surface area is 124 Å². The Hall–Kier alpha value is -2.23. The van der Waals surface area contributed by atoms with Gasteiger partial charge in [-0.05, 0) is 31.9 Å². The Balaban J connectivity index is 1.77. The fourth-order valence-corrected chi connectivity index (χ4v) is 2.98. The zero-order chi connectivity index (χ0) is 14.8. The zero-order valence-corrected chi connectivity index (χ0v) is 12.4. The number of nitrogens with zero attached hydrogens (tertiary/aromatic N) is 3. The SMILES string of the molecule is Cc1ccc([C@H]2C[C@H](C)N(C(=O)c3ccnnc3)C2)cc1. The minimum atomic E-state index is 0.0482. The van der Waals surface area contributed by atoms with Crippen LogP contribution in [-0.2, 0) is 0 Å². The van der Waals surface area contributed by atoms with Gasteiger partial charge in [0.2, 0.25) is 0 Å². The quantitative estimate of drug-likeness (QED) is 0.850. The van der Waals surface area contributed by atoms with Crippen LogP contribution in [0.4, 0.5) is 0 Å². The maximum Gasteiger partial charge on any atom is 0.255 e. The summed E-state index contributed by atoms with van der Waals surface area (Å²) in [5.74, 6) is 0.464. The summed E-state index contributed by atoms with van der Waals surface area (Å²) in [4.78, 5) is 14.5. The molecule has 0 unspecified atom stereocenters. The third kappa shape index (κ3) is 2.79. The van der Waals surface area contributed by atoms with E-state index in [0.29, 0.717) is 11.5 Å². The van der Waals surface area contributed by atoms with Gasteiger partial charge in [0.1, 0.15) is 0 Å². The van der Waals surface area contributed by atoms with Gasteiger partial charge in [0.05, 0.1) is 18.0 Å². The second-order valence-corrected chi connectivity index (χ2v) is 5.78. The van der Waals surface area contributed by atoms with E-state index in [1.165, 1.54) is 17.3 Å². The lowest BCUT2D eigenvalue weighted by Gasteiger charge is -2.21. The molecule has 0 radical (unpaired) electrons. The first-order valence-corrected chi connectivity index (χ1v) is 7.29. The molecule has 0 N–H and O–H groups in total. The van der Waals surface area contributed by atoms with Gasteiger partial charge in [-0.15, -0.1) is 0 Å². The second-order valence-electron chi connectivity index (χ2n) is 5.78. The van der Waals surface area contributed by atoms with E-state index in [1.807, 2.05) is 4.90 Å². The van der Waals surface area contributed by atoms with Gasteiger partial charge in [-0.25, -0.2) is 0 Å². The molecule has 2 atom stereocenters. The second kappa shape index (κ2) is 5.64. The number of benzene rings is 1. The molecule has 4 heteroatoms. The molecule has 0 aliphatic carbocycles. The van der Waals surface area contributed by atoms with E-state index in [0.717, 1.165) is 13.0 Å². The van der Waals surface area contributed by atoms with Crippen LogP contribution >= 0.6 is 0 Å². The van der Waals surface area contributed by atoms with Crippen molar-refractivity contribution in [1.29, 1.82) is 0 Å². The van der Waals surface area contributed by atoms with Crippen molar-refractivity contribution in [3.05, 3.63) is 59.4 Å². The van der Waals surface area contributed by atoms with E-state index in [2.05, 4.69) is 48.3 Å². The van der Waals surface area contributed by atoms with Gasteiger partial charge >= 0.3 is 0 Å². The van der Waals surface area contributed by atoms with Crippen molar-refractivity contribution in [3.8, 4) is 0 Å². The molecule has 3 rings (SSSR count). The van der Waals surface area contributed by atoms with Gasteiger partial charge in [0.15, 0.2) is 0 Å². The molecule has 108 valence electrons. The van der Waals surface area contributed by atoms with Gasteiger partial charge in [0, 0.05) is 18.5 Å². The molecule has 0 saturated carbocycles. The largest absolute Gasteiger partial charge is 0.335 e. The lowest BCUT2D eigenvalue weighted by Crippen LogP contribution is -2.34. The summed E-state index contributed by atoms with van der Waals surface area (Å²) in [6.45, 7) is 4.97. The molecule has 1 fully saturated rings. The predicted molar refractivity (Wildman–Crippen MR) is 81.1 cm³/mol. The van der Waals surface area contributed by atoms with Crippen molar-refractivity contribution in [3.63, 3.8) is 0 Å². The maximum absolute atomic E-state index is 12.5. The first-order chi connectivity index (χ1) is 10.1. The van der Waals surface area contributed by atoms with E-state index < -0.39 is 0 Å². The average molecular weight is 281 g/mol. The first kappa shape index (κ1) is 13.7. The summed E-state index contributed by atoms with van der Waals surface area (Å²) >= 11 is 0. The molecule has 0 bridgehead atoms. The molecule has 2 aromatic rings. The summed E-state index contributed by atoms with van der Waals surface area (Å²) in [5, 5.41) is 7.52. The van der Waals surface area contributed by atoms with E-state index >= 15 is 0 Å². The topological polar surface area (TPSA) is 46.1 Å². The molecule has 1 saturated heterocycles. The van der Waals surface area contributed by atoms with Crippen molar-refractivity contribution < 1.29 is 4.79 Å². The van der Waals surface area contributed by atoms with Crippen LogP contribution in [0.5, 0.6) is 0 Å². The Morgan fingerprint density at radius 2 is 1.95 bits per heavy atom. The number of hydrogen-bond acceptors (Lipinski definition) is 3. The summed E-state index contributed by atoms with van der Waals surface area (Å²) in [7, 11) is 0. The Morgan fingerprint density at radius 1 is 1.19 bits per heavy atom. The Morgan fingerprint density at radius 3 is 2.62 bits per heavy atom. The number of amides is 1. The van der Waals surface area contributed by atoms with Crippen LogP contribution in [0.1, 0.15) is 40.7 Å². The van der Waals surface area contributed by atoms with Gasteiger partial charge < -0.3 is 4.90 Å². The monoisotopic (exact) mass is 281 g/mol. The third-order valence-electron chi connectivity index (χ3n) is 4.22. The Kier molecular flexibility index (Phi) is 3.69. The summed E-state index contributed by atoms with van der Waals surface area (Å²) in [5.41, 5.74) is 3.19. The lowest BCUT2D eigenvalue weighted by molar-refractivity contribution is 0.0745. The van der Waals surface area contributed by atoms with Crippen molar-refractivity contribution >= 4 is 5.91 Å². The van der Waals surface area contributed by atoms with Crippen LogP contribution in [-0.4, -0.2) is 33.6 Å². The van der Waals surface area contributed by atoms with Crippen LogP contribution in [0, 0.1) is 6.92 Å². The normalized spacial score (nSPS) is 21.5. The maximum atomic E-state index is 12.5. The molecule has 1 aliphatic rings. The molecule has 1 aromatic carbocycles.